The first-order valence-corrected chi connectivity index (χ1v) is 4.47. The Morgan fingerprint density at radius 3 is 2.85 bits per heavy atom. The highest BCUT2D eigenvalue weighted by atomic mass is 16.5. The van der Waals surface area contributed by atoms with Crippen molar-refractivity contribution in [2.75, 3.05) is 0 Å². The van der Waals surface area contributed by atoms with Gasteiger partial charge in [-0.15, -0.1) is 0 Å². The van der Waals surface area contributed by atoms with Gasteiger partial charge in [0.2, 0.25) is 0 Å². The van der Waals surface area contributed by atoms with Crippen molar-refractivity contribution in [3.05, 3.63) is 29.3 Å². The van der Waals surface area contributed by atoms with E-state index in [1.807, 2.05) is 25.1 Å². The van der Waals surface area contributed by atoms with Gasteiger partial charge >= 0.3 is 0 Å². The molecular weight excluding hydrogens is 162 g/mol. The van der Waals surface area contributed by atoms with Crippen LogP contribution in [0, 0.1) is 18.3 Å². The molecule has 1 aliphatic carbocycles. The second-order valence-corrected chi connectivity index (χ2v) is 3.38. The van der Waals surface area contributed by atoms with Gasteiger partial charge in [0.15, 0.2) is 0 Å². The fourth-order valence-corrected chi connectivity index (χ4v) is 1.25. The minimum Gasteiger partial charge on any atom is -0.489 e. The van der Waals surface area contributed by atoms with Gasteiger partial charge in [-0.2, -0.15) is 5.26 Å². The Labute approximate surface area is 77.8 Å². The Hall–Kier alpha value is -1.49. The maximum absolute atomic E-state index is 8.90. The molecule has 1 aliphatic rings. The van der Waals surface area contributed by atoms with E-state index in [2.05, 4.69) is 6.07 Å². The predicted molar refractivity (Wildman–Crippen MR) is 49.5 cm³/mol. The van der Waals surface area contributed by atoms with E-state index >= 15 is 0 Å². The van der Waals surface area contributed by atoms with E-state index in [0.29, 0.717) is 11.7 Å². The normalized spacial score (nSPS) is 15.1. The Balaban J connectivity index is 2.32. The Kier molecular flexibility index (Phi) is 1.94. The highest BCUT2D eigenvalue weighted by molar-refractivity contribution is 5.48. The lowest BCUT2D eigenvalue weighted by atomic mass is 10.1. The third-order valence-electron chi connectivity index (χ3n) is 2.16. The van der Waals surface area contributed by atoms with E-state index < -0.39 is 0 Å². The zero-order valence-electron chi connectivity index (χ0n) is 7.58. The number of hydrogen-bond acceptors (Lipinski definition) is 2. The number of benzene rings is 1. The number of ether oxygens (including phenoxy) is 1. The molecule has 0 atom stereocenters. The van der Waals surface area contributed by atoms with Crippen LogP contribution < -0.4 is 4.74 Å². The molecular formula is C11H11NO. The maximum atomic E-state index is 8.90. The van der Waals surface area contributed by atoms with E-state index in [1.165, 1.54) is 0 Å². The standard InChI is InChI=1S/C11H11NO/c1-8-3-2-4-11(10(8)7-12)13-9-5-6-9/h2-4,9H,5-6H2,1H3. The molecule has 0 saturated heterocycles. The minimum atomic E-state index is 0.355. The molecule has 13 heavy (non-hydrogen) atoms. The van der Waals surface area contributed by atoms with Gasteiger partial charge in [-0.1, -0.05) is 12.1 Å². The fourth-order valence-electron chi connectivity index (χ4n) is 1.25. The summed E-state index contributed by atoms with van der Waals surface area (Å²) < 4.78 is 5.61. The van der Waals surface area contributed by atoms with Crippen LogP contribution in [0.2, 0.25) is 0 Å². The number of hydrogen-bond donors (Lipinski definition) is 0. The molecule has 0 bridgehead atoms. The van der Waals surface area contributed by atoms with Crippen molar-refractivity contribution in [3.8, 4) is 11.8 Å². The summed E-state index contributed by atoms with van der Waals surface area (Å²) in [6.45, 7) is 1.93. The van der Waals surface area contributed by atoms with Gasteiger partial charge in [0.05, 0.1) is 11.7 Å². The number of nitrogens with zero attached hydrogens (tertiary/aromatic N) is 1. The molecule has 2 rings (SSSR count). The maximum Gasteiger partial charge on any atom is 0.137 e. The van der Waals surface area contributed by atoms with Gasteiger partial charge < -0.3 is 4.74 Å². The van der Waals surface area contributed by atoms with Crippen LogP contribution in [0.3, 0.4) is 0 Å². The van der Waals surface area contributed by atoms with E-state index in [9.17, 15) is 0 Å². The van der Waals surface area contributed by atoms with Crippen molar-refractivity contribution >= 4 is 0 Å². The highest BCUT2D eigenvalue weighted by Gasteiger charge is 2.24. The van der Waals surface area contributed by atoms with Crippen LogP contribution in [-0.2, 0) is 0 Å². The number of aryl methyl sites for hydroxylation is 1. The van der Waals surface area contributed by atoms with Gasteiger partial charge in [-0.05, 0) is 31.4 Å². The van der Waals surface area contributed by atoms with Crippen LogP contribution in [0.1, 0.15) is 24.0 Å². The second-order valence-electron chi connectivity index (χ2n) is 3.38. The molecule has 0 spiro atoms. The molecule has 0 aromatic heterocycles. The van der Waals surface area contributed by atoms with Crippen molar-refractivity contribution < 1.29 is 4.74 Å². The SMILES string of the molecule is Cc1cccc(OC2CC2)c1C#N. The molecule has 1 aromatic carbocycles. The van der Waals surface area contributed by atoms with E-state index in [4.69, 9.17) is 10.00 Å². The monoisotopic (exact) mass is 173 g/mol. The van der Waals surface area contributed by atoms with Gasteiger partial charge in [-0.25, -0.2) is 0 Å². The number of nitriles is 1. The van der Waals surface area contributed by atoms with Crippen molar-refractivity contribution in [2.45, 2.75) is 25.9 Å². The van der Waals surface area contributed by atoms with Crippen molar-refractivity contribution in [2.24, 2.45) is 0 Å². The largest absolute Gasteiger partial charge is 0.489 e. The van der Waals surface area contributed by atoms with Crippen LogP contribution in [-0.4, -0.2) is 6.10 Å². The second kappa shape index (κ2) is 3.10. The molecule has 0 aliphatic heterocycles. The van der Waals surface area contributed by atoms with Crippen molar-refractivity contribution in [3.63, 3.8) is 0 Å². The lowest BCUT2D eigenvalue weighted by Gasteiger charge is -2.07. The molecule has 0 unspecified atom stereocenters. The van der Waals surface area contributed by atoms with Gasteiger partial charge in [0, 0.05) is 0 Å². The number of rotatable bonds is 2. The molecule has 0 heterocycles. The zero-order chi connectivity index (χ0) is 9.26. The smallest absolute Gasteiger partial charge is 0.137 e. The summed E-state index contributed by atoms with van der Waals surface area (Å²) >= 11 is 0. The van der Waals surface area contributed by atoms with Crippen LogP contribution in [0.5, 0.6) is 5.75 Å². The highest BCUT2D eigenvalue weighted by Crippen LogP contribution is 2.29. The fraction of sp³-hybridized carbons (Fsp3) is 0.364. The van der Waals surface area contributed by atoms with E-state index in [-0.39, 0.29) is 0 Å². The molecule has 0 N–H and O–H groups in total. The Morgan fingerprint density at radius 2 is 2.23 bits per heavy atom. The minimum absolute atomic E-state index is 0.355. The quantitative estimate of drug-likeness (QED) is 0.688. The molecule has 0 radical (unpaired) electrons. The molecule has 1 fully saturated rings. The molecule has 2 heteroatoms. The summed E-state index contributed by atoms with van der Waals surface area (Å²) in [5.74, 6) is 0.741. The molecule has 66 valence electrons. The molecule has 2 nitrogen and oxygen atoms in total. The van der Waals surface area contributed by atoms with Crippen LogP contribution >= 0.6 is 0 Å². The topological polar surface area (TPSA) is 33.0 Å². The summed E-state index contributed by atoms with van der Waals surface area (Å²) in [6, 6.07) is 7.89. The van der Waals surface area contributed by atoms with E-state index in [1.54, 1.807) is 0 Å². The molecule has 1 aromatic rings. The molecule has 1 saturated carbocycles. The summed E-state index contributed by atoms with van der Waals surface area (Å²) in [4.78, 5) is 0. The average Bonchev–Trinajstić information content (AvgIpc) is 2.89. The first-order chi connectivity index (χ1) is 6.31. The first kappa shape index (κ1) is 8.12. The Bertz CT molecular complexity index is 361. The summed E-state index contributed by atoms with van der Waals surface area (Å²) in [5, 5.41) is 8.90. The first-order valence-electron chi connectivity index (χ1n) is 4.47. The summed E-state index contributed by atoms with van der Waals surface area (Å²) in [5.41, 5.74) is 1.66. The van der Waals surface area contributed by atoms with Gasteiger partial charge in [0.25, 0.3) is 0 Å². The van der Waals surface area contributed by atoms with Gasteiger partial charge in [0.1, 0.15) is 11.8 Å². The molecule has 0 amide bonds. The predicted octanol–water partition coefficient (Wildman–Crippen LogP) is 2.41. The summed E-state index contributed by atoms with van der Waals surface area (Å²) in [6.07, 6.45) is 2.60. The van der Waals surface area contributed by atoms with Crippen LogP contribution in [0.4, 0.5) is 0 Å². The van der Waals surface area contributed by atoms with Crippen LogP contribution in [0.15, 0.2) is 18.2 Å². The lowest BCUT2D eigenvalue weighted by Crippen LogP contribution is -1.98. The lowest BCUT2D eigenvalue weighted by molar-refractivity contribution is 0.302. The summed E-state index contributed by atoms with van der Waals surface area (Å²) in [7, 11) is 0. The van der Waals surface area contributed by atoms with Crippen molar-refractivity contribution in [1.82, 2.24) is 0 Å². The zero-order valence-corrected chi connectivity index (χ0v) is 7.58. The van der Waals surface area contributed by atoms with Crippen LogP contribution in [0.25, 0.3) is 0 Å². The third-order valence-corrected chi connectivity index (χ3v) is 2.16. The average molecular weight is 173 g/mol. The third kappa shape index (κ3) is 1.65. The van der Waals surface area contributed by atoms with Gasteiger partial charge in [-0.3, -0.25) is 0 Å². The van der Waals surface area contributed by atoms with E-state index in [0.717, 1.165) is 24.2 Å². The Morgan fingerprint density at radius 1 is 1.46 bits per heavy atom. The van der Waals surface area contributed by atoms with Crippen molar-refractivity contribution in [1.29, 1.82) is 5.26 Å².